The SMILES string of the molecule is CNc1ccc(Cc2ccc(F)cc2)c(N)n1. The van der Waals surface area contributed by atoms with E-state index in [0.29, 0.717) is 12.2 Å². The summed E-state index contributed by atoms with van der Waals surface area (Å²) < 4.78 is 12.8. The molecule has 3 nitrogen and oxygen atoms in total. The number of nitrogens with zero attached hydrogens (tertiary/aromatic N) is 1. The molecule has 88 valence electrons. The summed E-state index contributed by atoms with van der Waals surface area (Å²) >= 11 is 0. The van der Waals surface area contributed by atoms with E-state index in [2.05, 4.69) is 10.3 Å². The van der Waals surface area contributed by atoms with E-state index in [1.54, 1.807) is 19.2 Å². The van der Waals surface area contributed by atoms with Gasteiger partial charge in [-0.3, -0.25) is 0 Å². The zero-order chi connectivity index (χ0) is 12.3. The second-order valence-electron chi connectivity index (χ2n) is 3.79. The molecule has 2 rings (SSSR count). The van der Waals surface area contributed by atoms with Gasteiger partial charge >= 0.3 is 0 Å². The molecule has 0 fully saturated rings. The molecule has 1 aromatic carbocycles. The molecule has 0 atom stereocenters. The number of benzene rings is 1. The van der Waals surface area contributed by atoms with Crippen LogP contribution < -0.4 is 11.1 Å². The van der Waals surface area contributed by atoms with E-state index in [1.807, 2.05) is 12.1 Å². The third kappa shape index (κ3) is 2.72. The van der Waals surface area contributed by atoms with E-state index in [9.17, 15) is 4.39 Å². The fraction of sp³-hybridized carbons (Fsp3) is 0.154. The molecule has 0 amide bonds. The molecule has 0 spiro atoms. The van der Waals surface area contributed by atoms with Crippen molar-refractivity contribution in [1.29, 1.82) is 0 Å². The summed E-state index contributed by atoms with van der Waals surface area (Å²) in [5, 5.41) is 2.93. The molecule has 17 heavy (non-hydrogen) atoms. The minimum absolute atomic E-state index is 0.231. The van der Waals surface area contributed by atoms with Crippen molar-refractivity contribution < 1.29 is 4.39 Å². The Bertz CT molecular complexity index is 509. The van der Waals surface area contributed by atoms with Gasteiger partial charge in [-0.15, -0.1) is 0 Å². The zero-order valence-corrected chi connectivity index (χ0v) is 9.57. The molecule has 0 aliphatic heterocycles. The summed E-state index contributed by atoms with van der Waals surface area (Å²) in [4.78, 5) is 4.20. The van der Waals surface area contributed by atoms with E-state index in [4.69, 9.17) is 5.73 Å². The number of rotatable bonds is 3. The first-order valence-corrected chi connectivity index (χ1v) is 5.36. The maximum atomic E-state index is 12.8. The van der Waals surface area contributed by atoms with Crippen molar-refractivity contribution in [2.75, 3.05) is 18.1 Å². The second-order valence-corrected chi connectivity index (χ2v) is 3.79. The summed E-state index contributed by atoms with van der Waals surface area (Å²) in [5.74, 6) is 1.01. The average Bonchev–Trinajstić information content (AvgIpc) is 2.34. The number of nitrogens with two attached hydrogens (primary N) is 1. The van der Waals surface area contributed by atoms with Crippen LogP contribution in [0.2, 0.25) is 0 Å². The topological polar surface area (TPSA) is 50.9 Å². The Kier molecular flexibility index (Phi) is 3.23. The highest BCUT2D eigenvalue weighted by Gasteiger charge is 2.03. The molecule has 0 saturated carbocycles. The first kappa shape index (κ1) is 11.4. The highest BCUT2D eigenvalue weighted by molar-refractivity contribution is 5.49. The van der Waals surface area contributed by atoms with Gasteiger partial charge < -0.3 is 11.1 Å². The fourth-order valence-corrected chi connectivity index (χ4v) is 1.61. The smallest absolute Gasteiger partial charge is 0.129 e. The lowest BCUT2D eigenvalue weighted by Gasteiger charge is -2.07. The number of nitrogen functional groups attached to an aromatic ring is 1. The van der Waals surface area contributed by atoms with Crippen LogP contribution in [-0.2, 0) is 6.42 Å². The van der Waals surface area contributed by atoms with Crippen LogP contribution in [0.4, 0.5) is 16.0 Å². The van der Waals surface area contributed by atoms with Gasteiger partial charge in [-0.05, 0) is 29.3 Å². The number of hydrogen-bond acceptors (Lipinski definition) is 3. The molecule has 0 saturated heterocycles. The molecule has 0 aliphatic rings. The van der Waals surface area contributed by atoms with E-state index < -0.39 is 0 Å². The van der Waals surface area contributed by atoms with E-state index in [1.165, 1.54) is 12.1 Å². The lowest BCUT2D eigenvalue weighted by molar-refractivity contribution is 0.627. The minimum Gasteiger partial charge on any atom is -0.383 e. The molecule has 2 aromatic rings. The molecule has 1 aromatic heterocycles. The lowest BCUT2D eigenvalue weighted by atomic mass is 10.1. The van der Waals surface area contributed by atoms with Crippen LogP contribution >= 0.6 is 0 Å². The van der Waals surface area contributed by atoms with Gasteiger partial charge in [-0.25, -0.2) is 9.37 Å². The summed E-state index contributed by atoms with van der Waals surface area (Å²) in [6.07, 6.45) is 0.656. The van der Waals surface area contributed by atoms with Crippen LogP contribution in [0, 0.1) is 5.82 Å². The van der Waals surface area contributed by atoms with Crippen molar-refractivity contribution in [3.8, 4) is 0 Å². The Labute approximate surface area is 99.5 Å². The molecule has 1 heterocycles. The second kappa shape index (κ2) is 4.82. The summed E-state index contributed by atoms with van der Waals surface area (Å²) in [6.45, 7) is 0. The maximum absolute atomic E-state index is 12.8. The van der Waals surface area contributed by atoms with Gasteiger partial charge in [0.05, 0.1) is 0 Å². The van der Waals surface area contributed by atoms with Gasteiger partial charge in [0.15, 0.2) is 0 Å². The minimum atomic E-state index is -0.231. The lowest BCUT2D eigenvalue weighted by Crippen LogP contribution is -2.01. The Morgan fingerprint density at radius 1 is 1.18 bits per heavy atom. The predicted octanol–water partition coefficient (Wildman–Crippen LogP) is 2.44. The molecule has 0 radical (unpaired) electrons. The van der Waals surface area contributed by atoms with Crippen molar-refractivity contribution in [2.24, 2.45) is 0 Å². The van der Waals surface area contributed by atoms with Gasteiger partial charge in [-0.2, -0.15) is 0 Å². The van der Waals surface area contributed by atoms with Crippen LogP contribution in [0.25, 0.3) is 0 Å². The quantitative estimate of drug-likeness (QED) is 0.853. The van der Waals surface area contributed by atoms with E-state index in [-0.39, 0.29) is 5.82 Å². The summed E-state index contributed by atoms with van der Waals surface area (Å²) in [5.41, 5.74) is 7.80. The van der Waals surface area contributed by atoms with Crippen LogP contribution in [0.3, 0.4) is 0 Å². The number of aromatic nitrogens is 1. The Balaban J connectivity index is 2.21. The van der Waals surface area contributed by atoms with Crippen molar-refractivity contribution in [1.82, 2.24) is 4.98 Å². The number of pyridine rings is 1. The van der Waals surface area contributed by atoms with Crippen LogP contribution in [-0.4, -0.2) is 12.0 Å². The first-order valence-electron chi connectivity index (χ1n) is 5.36. The highest BCUT2D eigenvalue weighted by atomic mass is 19.1. The normalized spacial score (nSPS) is 10.2. The zero-order valence-electron chi connectivity index (χ0n) is 9.57. The van der Waals surface area contributed by atoms with E-state index in [0.717, 1.165) is 16.9 Å². The van der Waals surface area contributed by atoms with Crippen molar-refractivity contribution in [3.63, 3.8) is 0 Å². The Morgan fingerprint density at radius 2 is 1.88 bits per heavy atom. The average molecular weight is 231 g/mol. The van der Waals surface area contributed by atoms with Crippen LogP contribution in [0.5, 0.6) is 0 Å². The Morgan fingerprint density at radius 3 is 2.47 bits per heavy atom. The van der Waals surface area contributed by atoms with Crippen LogP contribution in [0.1, 0.15) is 11.1 Å². The van der Waals surface area contributed by atoms with Gasteiger partial charge in [0, 0.05) is 13.5 Å². The highest BCUT2D eigenvalue weighted by Crippen LogP contribution is 2.17. The van der Waals surface area contributed by atoms with Gasteiger partial charge in [0.1, 0.15) is 17.5 Å². The summed E-state index contributed by atoms with van der Waals surface area (Å²) in [6, 6.07) is 10.2. The van der Waals surface area contributed by atoms with Crippen LogP contribution in [0.15, 0.2) is 36.4 Å². The number of halogens is 1. The number of anilines is 2. The van der Waals surface area contributed by atoms with Gasteiger partial charge in [0.2, 0.25) is 0 Å². The fourth-order valence-electron chi connectivity index (χ4n) is 1.61. The molecule has 0 unspecified atom stereocenters. The van der Waals surface area contributed by atoms with Crippen molar-refractivity contribution in [3.05, 3.63) is 53.3 Å². The van der Waals surface area contributed by atoms with Crippen molar-refractivity contribution in [2.45, 2.75) is 6.42 Å². The van der Waals surface area contributed by atoms with E-state index >= 15 is 0 Å². The third-order valence-corrected chi connectivity index (χ3v) is 2.58. The monoisotopic (exact) mass is 231 g/mol. The molecule has 0 bridgehead atoms. The third-order valence-electron chi connectivity index (χ3n) is 2.58. The first-order chi connectivity index (χ1) is 8.19. The number of hydrogen-bond donors (Lipinski definition) is 2. The Hall–Kier alpha value is -2.10. The maximum Gasteiger partial charge on any atom is 0.129 e. The van der Waals surface area contributed by atoms with Gasteiger partial charge in [0.25, 0.3) is 0 Å². The number of nitrogens with one attached hydrogen (secondary N) is 1. The molecular weight excluding hydrogens is 217 g/mol. The molecule has 0 aliphatic carbocycles. The summed E-state index contributed by atoms with van der Waals surface area (Å²) in [7, 11) is 1.79. The largest absolute Gasteiger partial charge is 0.383 e. The van der Waals surface area contributed by atoms with Crippen molar-refractivity contribution >= 4 is 11.6 Å². The molecule has 3 N–H and O–H groups in total. The predicted molar refractivity (Wildman–Crippen MR) is 67.4 cm³/mol. The van der Waals surface area contributed by atoms with Gasteiger partial charge in [-0.1, -0.05) is 18.2 Å². The molecule has 4 heteroatoms. The standard InChI is InChI=1S/C13H14FN3/c1-16-12-7-4-10(13(15)17-12)8-9-2-5-11(14)6-3-9/h2-7H,8H2,1H3,(H3,15,16,17). The molecular formula is C13H14FN3.